The fraction of sp³-hybridized carbons (Fsp3) is 0.118. The highest BCUT2D eigenvalue weighted by Crippen LogP contribution is 2.22. The number of hydrogen-bond acceptors (Lipinski definition) is 5. The summed E-state index contributed by atoms with van der Waals surface area (Å²) in [6.45, 7) is 0.295. The Morgan fingerprint density at radius 2 is 1.88 bits per heavy atom. The number of hydrogen-bond donors (Lipinski definition) is 0. The van der Waals surface area contributed by atoms with E-state index in [1.165, 1.54) is 29.5 Å². The van der Waals surface area contributed by atoms with Crippen molar-refractivity contribution in [2.24, 2.45) is 5.10 Å². The highest BCUT2D eigenvalue weighted by molar-refractivity contribution is 5.80. The molecule has 0 saturated carbocycles. The maximum Gasteiger partial charge on any atom is 0.141 e. The lowest BCUT2D eigenvalue weighted by atomic mass is 10.1. The SMILES string of the molecule is COc1ccc(/C=N/n2cnnc2)cc1COc1ccc(F)cc1. The van der Waals surface area contributed by atoms with E-state index >= 15 is 0 Å². The van der Waals surface area contributed by atoms with E-state index in [4.69, 9.17) is 9.47 Å². The van der Waals surface area contributed by atoms with Crippen molar-refractivity contribution in [2.75, 3.05) is 7.11 Å². The third kappa shape index (κ3) is 3.95. The molecule has 7 heteroatoms. The van der Waals surface area contributed by atoms with Gasteiger partial charge in [-0.1, -0.05) is 0 Å². The molecule has 3 rings (SSSR count). The van der Waals surface area contributed by atoms with Gasteiger partial charge in [-0.15, -0.1) is 10.2 Å². The second-order valence-corrected chi connectivity index (χ2v) is 4.90. The Morgan fingerprint density at radius 3 is 2.58 bits per heavy atom. The Hall–Kier alpha value is -3.22. The molecule has 6 nitrogen and oxygen atoms in total. The summed E-state index contributed by atoms with van der Waals surface area (Å²) in [6, 6.07) is 11.5. The van der Waals surface area contributed by atoms with Crippen LogP contribution in [0, 0.1) is 5.82 Å². The third-order valence-corrected chi connectivity index (χ3v) is 3.26. The molecule has 0 aliphatic heterocycles. The molecule has 1 aromatic heterocycles. The standard InChI is InChI=1S/C17H15FN4O2/c1-23-17-7-2-13(9-21-22-11-19-20-12-22)8-14(17)10-24-16-5-3-15(18)4-6-16/h2-9,11-12H,10H2,1H3/b21-9+. The summed E-state index contributed by atoms with van der Waals surface area (Å²) in [6.07, 6.45) is 4.68. The van der Waals surface area contributed by atoms with Crippen molar-refractivity contribution in [3.8, 4) is 11.5 Å². The van der Waals surface area contributed by atoms with Crippen molar-refractivity contribution < 1.29 is 13.9 Å². The highest BCUT2D eigenvalue weighted by atomic mass is 19.1. The Morgan fingerprint density at radius 1 is 1.12 bits per heavy atom. The average Bonchev–Trinajstić information content (AvgIpc) is 3.13. The molecule has 0 spiro atoms. The first-order chi connectivity index (χ1) is 11.7. The summed E-state index contributed by atoms with van der Waals surface area (Å²) in [5.74, 6) is 0.993. The maximum absolute atomic E-state index is 12.9. The molecular weight excluding hydrogens is 311 g/mol. The molecule has 0 unspecified atom stereocenters. The van der Waals surface area contributed by atoms with Crippen LogP contribution in [0.2, 0.25) is 0 Å². The molecule has 1 heterocycles. The number of halogens is 1. The first kappa shape index (κ1) is 15.7. The fourth-order valence-corrected chi connectivity index (χ4v) is 2.07. The number of rotatable bonds is 6. The lowest BCUT2D eigenvalue weighted by Crippen LogP contribution is -2.00. The van der Waals surface area contributed by atoms with Crippen LogP contribution in [0.3, 0.4) is 0 Å². The molecule has 0 atom stereocenters. The summed E-state index contributed by atoms with van der Waals surface area (Å²) in [7, 11) is 1.60. The van der Waals surface area contributed by atoms with Gasteiger partial charge in [0.25, 0.3) is 0 Å². The van der Waals surface area contributed by atoms with Crippen LogP contribution in [0.4, 0.5) is 4.39 Å². The smallest absolute Gasteiger partial charge is 0.141 e. The van der Waals surface area contributed by atoms with E-state index in [2.05, 4.69) is 15.3 Å². The van der Waals surface area contributed by atoms with Crippen molar-refractivity contribution in [3.05, 3.63) is 72.1 Å². The molecule has 0 fully saturated rings. The summed E-state index contributed by atoms with van der Waals surface area (Å²) in [5, 5.41) is 11.6. The van der Waals surface area contributed by atoms with Gasteiger partial charge in [0, 0.05) is 5.56 Å². The zero-order valence-electron chi connectivity index (χ0n) is 13.0. The van der Waals surface area contributed by atoms with Gasteiger partial charge in [0.15, 0.2) is 0 Å². The summed E-state index contributed by atoms with van der Waals surface area (Å²) >= 11 is 0. The topological polar surface area (TPSA) is 61.5 Å². The van der Waals surface area contributed by atoms with Crippen LogP contribution in [-0.2, 0) is 6.61 Å². The van der Waals surface area contributed by atoms with Gasteiger partial charge in [-0.05, 0) is 48.0 Å². The first-order valence-electron chi connectivity index (χ1n) is 7.19. The average molecular weight is 326 g/mol. The highest BCUT2D eigenvalue weighted by Gasteiger charge is 2.05. The molecule has 2 aromatic carbocycles. The van der Waals surface area contributed by atoms with Gasteiger partial charge in [-0.25, -0.2) is 9.07 Å². The van der Waals surface area contributed by atoms with Crippen molar-refractivity contribution in [2.45, 2.75) is 6.61 Å². The molecule has 0 aliphatic carbocycles. The van der Waals surface area contributed by atoms with Crippen LogP contribution in [0.15, 0.2) is 60.2 Å². The third-order valence-electron chi connectivity index (χ3n) is 3.26. The predicted octanol–water partition coefficient (Wildman–Crippen LogP) is 2.89. The molecule has 0 saturated heterocycles. The Labute approximate surface area is 138 Å². The van der Waals surface area contributed by atoms with Crippen LogP contribution < -0.4 is 9.47 Å². The number of aromatic nitrogens is 3. The molecule has 0 radical (unpaired) electrons. The minimum absolute atomic E-state index is 0.295. The molecule has 24 heavy (non-hydrogen) atoms. The van der Waals surface area contributed by atoms with Crippen molar-refractivity contribution >= 4 is 6.21 Å². The van der Waals surface area contributed by atoms with E-state index < -0.39 is 0 Å². The van der Waals surface area contributed by atoms with Crippen LogP contribution >= 0.6 is 0 Å². The van der Waals surface area contributed by atoms with E-state index in [-0.39, 0.29) is 5.82 Å². The lowest BCUT2D eigenvalue weighted by molar-refractivity contribution is 0.296. The van der Waals surface area contributed by atoms with Crippen molar-refractivity contribution in [1.29, 1.82) is 0 Å². The molecular formula is C17H15FN4O2. The number of ether oxygens (including phenoxy) is 2. The second kappa shape index (κ2) is 7.36. The molecule has 0 bridgehead atoms. The predicted molar refractivity (Wildman–Crippen MR) is 86.7 cm³/mol. The first-order valence-corrected chi connectivity index (χ1v) is 7.19. The zero-order valence-corrected chi connectivity index (χ0v) is 13.0. The lowest BCUT2D eigenvalue weighted by Gasteiger charge is -2.11. The van der Waals surface area contributed by atoms with Gasteiger partial charge in [0.1, 0.15) is 36.6 Å². The summed E-state index contributed by atoms with van der Waals surface area (Å²) < 4.78 is 25.4. The van der Waals surface area contributed by atoms with E-state index in [9.17, 15) is 4.39 Å². The van der Waals surface area contributed by atoms with E-state index in [1.54, 1.807) is 25.5 Å². The van der Waals surface area contributed by atoms with Gasteiger partial charge < -0.3 is 9.47 Å². The summed E-state index contributed by atoms with van der Waals surface area (Å²) in [4.78, 5) is 0. The van der Waals surface area contributed by atoms with Crippen LogP contribution in [0.1, 0.15) is 11.1 Å². The Bertz CT molecular complexity index is 817. The minimum atomic E-state index is -0.299. The van der Waals surface area contributed by atoms with Crippen LogP contribution in [0.5, 0.6) is 11.5 Å². The Kier molecular flexibility index (Phi) is 4.81. The van der Waals surface area contributed by atoms with Gasteiger partial charge in [0.2, 0.25) is 0 Å². The van der Waals surface area contributed by atoms with E-state index in [1.807, 2.05) is 18.2 Å². The monoisotopic (exact) mass is 326 g/mol. The maximum atomic E-state index is 12.9. The van der Waals surface area contributed by atoms with E-state index in [0.29, 0.717) is 18.1 Å². The molecule has 3 aromatic rings. The van der Waals surface area contributed by atoms with Crippen LogP contribution in [-0.4, -0.2) is 28.2 Å². The normalized spacial score (nSPS) is 10.9. The quantitative estimate of drug-likeness (QED) is 0.654. The molecule has 0 amide bonds. The molecule has 0 aliphatic rings. The van der Waals surface area contributed by atoms with Crippen molar-refractivity contribution in [3.63, 3.8) is 0 Å². The number of nitrogens with zero attached hydrogens (tertiary/aromatic N) is 4. The van der Waals surface area contributed by atoms with Gasteiger partial charge in [-0.3, -0.25) is 0 Å². The van der Waals surface area contributed by atoms with Crippen molar-refractivity contribution in [1.82, 2.24) is 14.9 Å². The Balaban J connectivity index is 1.75. The fourth-order valence-electron chi connectivity index (χ4n) is 2.07. The van der Waals surface area contributed by atoms with Gasteiger partial charge >= 0.3 is 0 Å². The molecule has 122 valence electrons. The number of methoxy groups -OCH3 is 1. The van der Waals surface area contributed by atoms with Crippen LogP contribution in [0.25, 0.3) is 0 Å². The number of benzene rings is 2. The van der Waals surface area contributed by atoms with Gasteiger partial charge in [0.05, 0.1) is 13.3 Å². The van der Waals surface area contributed by atoms with E-state index in [0.717, 1.165) is 11.1 Å². The van der Waals surface area contributed by atoms with Gasteiger partial charge in [-0.2, -0.15) is 5.10 Å². The zero-order chi connectivity index (χ0) is 16.8. The second-order valence-electron chi connectivity index (χ2n) is 4.90. The molecule has 0 N–H and O–H groups in total. The summed E-state index contributed by atoms with van der Waals surface area (Å²) in [5.41, 5.74) is 1.73. The minimum Gasteiger partial charge on any atom is -0.496 e. The largest absolute Gasteiger partial charge is 0.496 e.